The van der Waals surface area contributed by atoms with Crippen LogP contribution < -0.4 is 10.6 Å². The van der Waals surface area contributed by atoms with E-state index in [1.807, 2.05) is 13.8 Å². The number of fused-ring (bicyclic) bond motifs is 1. The lowest BCUT2D eigenvalue weighted by Crippen LogP contribution is -2.37. The van der Waals surface area contributed by atoms with Crippen molar-refractivity contribution in [2.24, 2.45) is 0 Å². The molecule has 1 aromatic carbocycles. The van der Waals surface area contributed by atoms with Gasteiger partial charge in [-0.25, -0.2) is 4.39 Å². The van der Waals surface area contributed by atoms with Crippen molar-refractivity contribution >= 4 is 29.2 Å². The van der Waals surface area contributed by atoms with Crippen molar-refractivity contribution in [3.63, 3.8) is 0 Å². The number of aromatic nitrogens is 1. The van der Waals surface area contributed by atoms with Crippen LogP contribution in [0.2, 0.25) is 0 Å². The molecule has 0 spiro atoms. The van der Waals surface area contributed by atoms with Crippen LogP contribution in [0.5, 0.6) is 0 Å². The Morgan fingerprint density at radius 3 is 2.97 bits per heavy atom. The highest BCUT2D eigenvalue weighted by molar-refractivity contribution is 6.34. The molecule has 0 unspecified atom stereocenters. The fraction of sp³-hybridized carbons (Fsp3) is 0.364. The summed E-state index contributed by atoms with van der Waals surface area (Å²) >= 11 is 0. The van der Waals surface area contributed by atoms with E-state index in [4.69, 9.17) is 5.11 Å². The molecule has 0 aliphatic carbocycles. The summed E-state index contributed by atoms with van der Waals surface area (Å²) in [5.41, 5.74) is 4.08. The third kappa shape index (κ3) is 3.76. The Bertz CT molecular complexity index is 1040. The molecule has 0 bridgehead atoms. The number of aromatic amines is 1. The van der Waals surface area contributed by atoms with E-state index in [1.54, 1.807) is 6.08 Å². The van der Waals surface area contributed by atoms with Crippen LogP contribution in [0.1, 0.15) is 39.3 Å². The predicted octanol–water partition coefficient (Wildman–Crippen LogP) is 2.06. The molecule has 0 saturated carbocycles. The maximum Gasteiger partial charge on any atom is 0.256 e. The number of H-pyrrole nitrogens is 1. The first-order valence-corrected chi connectivity index (χ1v) is 10.0. The third-order valence-electron chi connectivity index (χ3n) is 5.78. The Morgan fingerprint density at radius 2 is 2.20 bits per heavy atom. The molecule has 2 amide bonds. The fourth-order valence-corrected chi connectivity index (χ4v) is 4.26. The number of benzene rings is 1. The summed E-state index contributed by atoms with van der Waals surface area (Å²) in [7, 11) is 0. The number of aryl methyl sites for hydroxylation is 1. The van der Waals surface area contributed by atoms with Crippen LogP contribution in [0.15, 0.2) is 18.2 Å². The minimum atomic E-state index is -0.414. The van der Waals surface area contributed by atoms with Gasteiger partial charge in [0.05, 0.1) is 17.7 Å². The molecule has 4 rings (SSSR count). The number of anilines is 1. The van der Waals surface area contributed by atoms with Gasteiger partial charge >= 0.3 is 0 Å². The SMILES string of the molecule is Cc1[nH]c(C=C2C(=O)Nc3ccc(F)cc32)c(C)c1C(=O)N[C@H]1CCN(CCO)C1. The molecule has 2 aliphatic heterocycles. The molecule has 0 radical (unpaired) electrons. The van der Waals surface area contributed by atoms with Crippen molar-refractivity contribution in [1.29, 1.82) is 0 Å². The summed E-state index contributed by atoms with van der Waals surface area (Å²) < 4.78 is 13.7. The molecule has 2 aliphatic rings. The maximum absolute atomic E-state index is 13.7. The van der Waals surface area contributed by atoms with Crippen LogP contribution in [0, 0.1) is 19.7 Å². The number of carbonyl (C=O) groups excluding carboxylic acids is 2. The van der Waals surface area contributed by atoms with Gasteiger partial charge in [0.1, 0.15) is 5.82 Å². The highest BCUT2D eigenvalue weighted by atomic mass is 19.1. The molecule has 1 aromatic heterocycles. The molecule has 3 heterocycles. The number of β-amino-alcohol motifs (C(OH)–C–C–N with tert-alkyl or cyclic N) is 1. The maximum atomic E-state index is 13.7. The van der Waals surface area contributed by atoms with E-state index < -0.39 is 5.82 Å². The lowest BCUT2D eigenvalue weighted by atomic mass is 10.0. The van der Waals surface area contributed by atoms with Crippen LogP contribution >= 0.6 is 0 Å². The van der Waals surface area contributed by atoms with Crippen molar-refractivity contribution in [3.05, 3.63) is 52.1 Å². The van der Waals surface area contributed by atoms with E-state index in [2.05, 4.69) is 20.5 Å². The summed E-state index contributed by atoms with van der Waals surface area (Å²) in [5, 5.41) is 14.9. The van der Waals surface area contributed by atoms with Gasteiger partial charge in [-0.05, 0) is 50.1 Å². The van der Waals surface area contributed by atoms with E-state index in [-0.39, 0.29) is 24.5 Å². The molecular formula is C22H25FN4O3. The first-order valence-electron chi connectivity index (χ1n) is 10.0. The second kappa shape index (κ2) is 8.04. The van der Waals surface area contributed by atoms with Gasteiger partial charge in [0.15, 0.2) is 0 Å². The molecule has 30 heavy (non-hydrogen) atoms. The van der Waals surface area contributed by atoms with Gasteiger partial charge in [0.2, 0.25) is 0 Å². The van der Waals surface area contributed by atoms with Gasteiger partial charge in [-0.2, -0.15) is 0 Å². The van der Waals surface area contributed by atoms with Gasteiger partial charge in [-0.3, -0.25) is 14.5 Å². The molecule has 1 atom stereocenters. The average Bonchev–Trinajstić information content (AvgIpc) is 3.33. The van der Waals surface area contributed by atoms with Crippen molar-refractivity contribution in [1.82, 2.24) is 15.2 Å². The molecule has 4 N–H and O–H groups in total. The van der Waals surface area contributed by atoms with Gasteiger partial charge in [0, 0.05) is 48.3 Å². The number of aliphatic hydroxyl groups excluding tert-OH is 1. The van der Waals surface area contributed by atoms with Gasteiger partial charge in [-0.15, -0.1) is 0 Å². The lowest BCUT2D eigenvalue weighted by molar-refractivity contribution is -0.110. The van der Waals surface area contributed by atoms with Crippen LogP contribution in [-0.2, 0) is 4.79 Å². The highest BCUT2D eigenvalue weighted by Crippen LogP contribution is 2.34. The Morgan fingerprint density at radius 1 is 1.40 bits per heavy atom. The monoisotopic (exact) mass is 412 g/mol. The Kier molecular flexibility index (Phi) is 5.44. The second-order valence-corrected chi connectivity index (χ2v) is 7.85. The number of aliphatic hydroxyl groups is 1. The van der Waals surface area contributed by atoms with Gasteiger partial charge in [0.25, 0.3) is 11.8 Å². The van der Waals surface area contributed by atoms with Crippen LogP contribution in [0.3, 0.4) is 0 Å². The zero-order valence-corrected chi connectivity index (χ0v) is 17.0. The Balaban J connectivity index is 1.58. The van der Waals surface area contributed by atoms with E-state index >= 15 is 0 Å². The van der Waals surface area contributed by atoms with Crippen molar-refractivity contribution in [2.45, 2.75) is 26.3 Å². The predicted molar refractivity (Wildman–Crippen MR) is 113 cm³/mol. The van der Waals surface area contributed by atoms with Crippen LogP contribution in [0.4, 0.5) is 10.1 Å². The summed E-state index contributed by atoms with van der Waals surface area (Å²) in [4.78, 5) is 30.6. The summed E-state index contributed by atoms with van der Waals surface area (Å²) in [6, 6.07) is 4.21. The number of hydrogen-bond donors (Lipinski definition) is 4. The Labute approximate surface area is 174 Å². The summed E-state index contributed by atoms with van der Waals surface area (Å²) in [5.74, 6) is -0.880. The lowest BCUT2D eigenvalue weighted by Gasteiger charge is -2.15. The normalized spacial score (nSPS) is 19.9. The zero-order valence-electron chi connectivity index (χ0n) is 17.0. The van der Waals surface area contributed by atoms with Crippen molar-refractivity contribution < 1.29 is 19.1 Å². The number of nitrogens with zero attached hydrogens (tertiary/aromatic N) is 1. The van der Waals surface area contributed by atoms with E-state index in [0.717, 1.165) is 18.5 Å². The number of carbonyl (C=O) groups is 2. The number of rotatable bonds is 5. The highest BCUT2D eigenvalue weighted by Gasteiger charge is 2.28. The number of nitrogens with one attached hydrogen (secondary N) is 3. The second-order valence-electron chi connectivity index (χ2n) is 7.85. The van der Waals surface area contributed by atoms with E-state index in [9.17, 15) is 14.0 Å². The van der Waals surface area contributed by atoms with E-state index in [0.29, 0.717) is 46.9 Å². The standard InChI is InChI=1S/C22H25FN4O3/c1-12-19(10-17-16-9-14(23)3-4-18(16)26-21(17)29)24-13(2)20(12)22(30)25-15-5-6-27(11-15)7-8-28/h3-4,9-10,15,24,28H,5-8,11H2,1-2H3,(H,25,30)(H,26,29)/t15-/m0/s1. The quantitative estimate of drug-likeness (QED) is 0.565. The third-order valence-corrected chi connectivity index (χ3v) is 5.78. The molecular weight excluding hydrogens is 387 g/mol. The average molecular weight is 412 g/mol. The molecule has 1 saturated heterocycles. The van der Waals surface area contributed by atoms with E-state index in [1.165, 1.54) is 18.2 Å². The largest absolute Gasteiger partial charge is 0.395 e. The molecule has 7 nitrogen and oxygen atoms in total. The first-order chi connectivity index (χ1) is 14.4. The number of hydrogen-bond acceptors (Lipinski definition) is 4. The first kappa shape index (κ1) is 20.3. The molecule has 158 valence electrons. The van der Waals surface area contributed by atoms with Gasteiger partial charge in [-0.1, -0.05) is 0 Å². The van der Waals surface area contributed by atoms with Gasteiger partial charge < -0.3 is 20.7 Å². The van der Waals surface area contributed by atoms with Crippen molar-refractivity contribution in [3.8, 4) is 0 Å². The van der Waals surface area contributed by atoms with Crippen LogP contribution in [-0.4, -0.2) is 59.1 Å². The molecule has 8 heteroatoms. The summed E-state index contributed by atoms with van der Waals surface area (Å²) in [6.45, 7) is 5.93. The fourth-order valence-electron chi connectivity index (χ4n) is 4.26. The number of halogens is 1. The number of likely N-dealkylation sites (tertiary alicyclic amines) is 1. The number of amides is 2. The van der Waals surface area contributed by atoms with Crippen molar-refractivity contribution in [2.75, 3.05) is 31.6 Å². The zero-order chi connectivity index (χ0) is 21.4. The minimum absolute atomic E-state index is 0.0371. The molecule has 2 aromatic rings. The smallest absolute Gasteiger partial charge is 0.256 e. The minimum Gasteiger partial charge on any atom is -0.395 e. The summed E-state index contributed by atoms with van der Waals surface area (Å²) in [6.07, 6.45) is 2.51. The molecule has 1 fully saturated rings. The topological polar surface area (TPSA) is 97.5 Å². The van der Waals surface area contributed by atoms with Crippen LogP contribution in [0.25, 0.3) is 11.6 Å². The Hall–Kier alpha value is -2.97.